The van der Waals surface area contributed by atoms with Crippen molar-refractivity contribution in [2.45, 2.75) is 26.0 Å². The maximum atomic E-state index is 13.2. The maximum Gasteiger partial charge on any atom is 0.224 e. The summed E-state index contributed by atoms with van der Waals surface area (Å²) in [5, 5.41) is 6.27. The van der Waals surface area contributed by atoms with Crippen molar-refractivity contribution in [3.63, 3.8) is 0 Å². The quantitative estimate of drug-likeness (QED) is 0.298. The molecule has 30 heavy (non-hydrogen) atoms. The van der Waals surface area contributed by atoms with Crippen molar-refractivity contribution in [1.82, 2.24) is 15.5 Å². The zero-order chi connectivity index (χ0) is 21.1. The zero-order valence-electron chi connectivity index (χ0n) is 17.6. The zero-order valence-corrected chi connectivity index (χ0v) is 19.9. The molecule has 0 saturated heterocycles. The average Bonchev–Trinajstić information content (AvgIpc) is 2.71. The second-order valence-corrected chi connectivity index (χ2v) is 6.75. The molecular formula is C22H30FIN4O2. The van der Waals surface area contributed by atoms with Gasteiger partial charge in [-0.25, -0.2) is 4.39 Å². The number of hydrogen-bond acceptors (Lipinski definition) is 3. The predicted octanol–water partition coefficient (Wildman–Crippen LogP) is 3.42. The number of guanidine groups is 1. The molecule has 0 bridgehead atoms. The first-order valence-electron chi connectivity index (χ1n) is 9.62. The lowest BCUT2D eigenvalue weighted by atomic mass is 10.2. The van der Waals surface area contributed by atoms with E-state index in [0.29, 0.717) is 37.8 Å². The van der Waals surface area contributed by atoms with Gasteiger partial charge in [0.25, 0.3) is 0 Å². The first kappa shape index (κ1) is 25.7. The third-order valence-electron chi connectivity index (χ3n) is 4.23. The number of nitrogens with zero attached hydrogens (tertiary/aromatic N) is 2. The Kier molecular flexibility index (Phi) is 11.8. The molecule has 0 aliphatic heterocycles. The first-order chi connectivity index (χ1) is 14.0. The highest BCUT2D eigenvalue weighted by Gasteiger charge is 2.10. The standard InChI is InChI=1S/C22H29FN4O2.HI/c1-17(29-20-11-7-10-19(23)14-20)15-26-22(24-2)25-13-12-21(28)27(3)16-18-8-5-4-6-9-18;/h4-11,14,17H,12-13,15-16H2,1-3H3,(H2,24,25,26);1H. The third kappa shape index (κ3) is 9.43. The van der Waals surface area contributed by atoms with Gasteiger partial charge in [-0.2, -0.15) is 0 Å². The average molecular weight is 528 g/mol. The van der Waals surface area contributed by atoms with Gasteiger partial charge in [0.2, 0.25) is 5.91 Å². The van der Waals surface area contributed by atoms with Gasteiger partial charge < -0.3 is 20.3 Å². The summed E-state index contributed by atoms with van der Waals surface area (Å²) >= 11 is 0. The molecule has 2 N–H and O–H groups in total. The first-order valence-corrected chi connectivity index (χ1v) is 9.62. The molecule has 1 unspecified atom stereocenters. The molecule has 6 nitrogen and oxygen atoms in total. The molecule has 0 fully saturated rings. The van der Waals surface area contributed by atoms with Crippen molar-refractivity contribution >= 4 is 35.8 Å². The Balaban J connectivity index is 0.00000450. The van der Waals surface area contributed by atoms with Crippen molar-refractivity contribution in [3.8, 4) is 5.75 Å². The number of nitrogens with one attached hydrogen (secondary N) is 2. The molecule has 0 aromatic heterocycles. The summed E-state index contributed by atoms with van der Waals surface area (Å²) in [6, 6.07) is 15.9. The van der Waals surface area contributed by atoms with Crippen LogP contribution in [-0.2, 0) is 11.3 Å². The molecule has 2 rings (SSSR count). The lowest BCUT2D eigenvalue weighted by Gasteiger charge is -2.19. The van der Waals surface area contributed by atoms with Crippen LogP contribution in [0, 0.1) is 5.82 Å². The van der Waals surface area contributed by atoms with Gasteiger partial charge >= 0.3 is 0 Å². The summed E-state index contributed by atoms with van der Waals surface area (Å²) in [4.78, 5) is 18.1. The summed E-state index contributed by atoms with van der Waals surface area (Å²) < 4.78 is 18.9. The van der Waals surface area contributed by atoms with E-state index in [2.05, 4.69) is 15.6 Å². The molecule has 164 valence electrons. The minimum atomic E-state index is -0.331. The summed E-state index contributed by atoms with van der Waals surface area (Å²) in [5.74, 6) is 0.786. The summed E-state index contributed by atoms with van der Waals surface area (Å²) in [7, 11) is 3.46. The summed E-state index contributed by atoms with van der Waals surface area (Å²) in [5.41, 5.74) is 1.10. The molecule has 0 radical (unpaired) electrons. The number of halogens is 2. The summed E-state index contributed by atoms with van der Waals surface area (Å²) in [6.07, 6.45) is 0.174. The van der Waals surface area contributed by atoms with Crippen LogP contribution in [0.15, 0.2) is 59.6 Å². The molecule has 0 heterocycles. The van der Waals surface area contributed by atoms with Crippen molar-refractivity contribution in [2.75, 3.05) is 27.2 Å². The topological polar surface area (TPSA) is 66.0 Å². The fourth-order valence-corrected chi connectivity index (χ4v) is 2.70. The van der Waals surface area contributed by atoms with Crippen LogP contribution >= 0.6 is 24.0 Å². The van der Waals surface area contributed by atoms with E-state index in [9.17, 15) is 9.18 Å². The molecule has 0 aliphatic carbocycles. The highest BCUT2D eigenvalue weighted by molar-refractivity contribution is 14.0. The van der Waals surface area contributed by atoms with E-state index in [1.165, 1.54) is 12.1 Å². The van der Waals surface area contributed by atoms with Crippen LogP contribution in [0.4, 0.5) is 4.39 Å². The van der Waals surface area contributed by atoms with Gasteiger partial charge in [0, 0.05) is 39.7 Å². The normalized spacial score (nSPS) is 11.8. The van der Waals surface area contributed by atoms with Gasteiger partial charge in [0.15, 0.2) is 5.96 Å². The minimum absolute atomic E-state index is 0. The number of carbonyl (C=O) groups excluding carboxylic acids is 1. The van der Waals surface area contributed by atoms with Gasteiger partial charge in [-0.15, -0.1) is 24.0 Å². The highest BCUT2D eigenvalue weighted by atomic mass is 127. The monoisotopic (exact) mass is 528 g/mol. The molecular weight excluding hydrogens is 498 g/mol. The van der Waals surface area contributed by atoms with Gasteiger partial charge in [-0.05, 0) is 24.6 Å². The smallest absolute Gasteiger partial charge is 0.224 e. The second kappa shape index (κ2) is 13.8. The van der Waals surface area contributed by atoms with E-state index < -0.39 is 0 Å². The van der Waals surface area contributed by atoms with Crippen LogP contribution in [0.5, 0.6) is 5.75 Å². The van der Waals surface area contributed by atoms with Crippen LogP contribution in [0.25, 0.3) is 0 Å². The number of amides is 1. The minimum Gasteiger partial charge on any atom is -0.489 e. The van der Waals surface area contributed by atoms with Gasteiger partial charge in [-0.3, -0.25) is 9.79 Å². The Hall–Kier alpha value is -2.36. The number of carbonyl (C=O) groups is 1. The number of rotatable bonds is 9. The van der Waals surface area contributed by atoms with Crippen molar-refractivity contribution in [1.29, 1.82) is 0 Å². The van der Waals surface area contributed by atoms with Crippen LogP contribution in [-0.4, -0.2) is 50.1 Å². The Morgan fingerprint density at radius 3 is 2.57 bits per heavy atom. The van der Waals surface area contributed by atoms with Gasteiger partial charge in [0.1, 0.15) is 17.7 Å². The molecule has 2 aromatic carbocycles. The lowest BCUT2D eigenvalue weighted by molar-refractivity contribution is -0.130. The fraction of sp³-hybridized carbons (Fsp3) is 0.364. The van der Waals surface area contributed by atoms with E-state index in [1.54, 1.807) is 31.1 Å². The van der Waals surface area contributed by atoms with Crippen LogP contribution in [0.3, 0.4) is 0 Å². The van der Waals surface area contributed by atoms with Crippen LogP contribution in [0.1, 0.15) is 18.9 Å². The van der Waals surface area contributed by atoms with E-state index in [-0.39, 0.29) is 41.8 Å². The molecule has 1 amide bonds. The van der Waals surface area contributed by atoms with Crippen molar-refractivity contribution < 1.29 is 13.9 Å². The van der Waals surface area contributed by atoms with Gasteiger partial charge in [-0.1, -0.05) is 36.4 Å². The molecule has 0 aliphatic rings. The van der Waals surface area contributed by atoms with Crippen LogP contribution in [0.2, 0.25) is 0 Å². The predicted molar refractivity (Wildman–Crippen MR) is 129 cm³/mol. The van der Waals surface area contributed by atoms with Crippen molar-refractivity contribution in [3.05, 3.63) is 66.0 Å². The Labute approximate surface area is 194 Å². The largest absolute Gasteiger partial charge is 0.489 e. The van der Waals surface area contributed by atoms with Crippen molar-refractivity contribution in [2.24, 2.45) is 4.99 Å². The van der Waals surface area contributed by atoms with E-state index in [1.807, 2.05) is 37.3 Å². The van der Waals surface area contributed by atoms with E-state index >= 15 is 0 Å². The summed E-state index contributed by atoms with van der Waals surface area (Å²) in [6.45, 7) is 3.42. The SMILES string of the molecule is CN=C(NCCC(=O)N(C)Cc1ccccc1)NCC(C)Oc1cccc(F)c1.I. The molecule has 1 atom stereocenters. The highest BCUT2D eigenvalue weighted by Crippen LogP contribution is 2.13. The number of hydrogen-bond donors (Lipinski definition) is 2. The number of benzene rings is 2. The number of aliphatic imine (C=N–C) groups is 1. The lowest BCUT2D eigenvalue weighted by Crippen LogP contribution is -2.43. The third-order valence-corrected chi connectivity index (χ3v) is 4.23. The molecule has 0 saturated carbocycles. The number of ether oxygens (including phenoxy) is 1. The van der Waals surface area contributed by atoms with Gasteiger partial charge in [0.05, 0.1) is 6.54 Å². The van der Waals surface area contributed by atoms with E-state index in [4.69, 9.17) is 4.74 Å². The molecule has 8 heteroatoms. The molecule has 0 spiro atoms. The van der Waals surface area contributed by atoms with Crippen LogP contribution < -0.4 is 15.4 Å². The maximum absolute atomic E-state index is 13.2. The second-order valence-electron chi connectivity index (χ2n) is 6.75. The Morgan fingerprint density at radius 1 is 1.17 bits per heavy atom. The Morgan fingerprint density at radius 2 is 1.90 bits per heavy atom. The molecule has 2 aromatic rings. The van der Waals surface area contributed by atoms with E-state index in [0.717, 1.165) is 5.56 Å². The fourth-order valence-electron chi connectivity index (χ4n) is 2.70. The Bertz CT molecular complexity index is 805.